The zero-order valence-electron chi connectivity index (χ0n) is 8.73. The van der Waals surface area contributed by atoms with Gasteiger partial charge in [-0.2, -0.15) is 0 Å². The summed E-state index contributed by atoms with van der Waals surface area (Å²) in [5.74, 6) is 0.605. The van der Waals surface area contributed by atoms with Crippen LogP contribution in [0.25, 0.3) is 10.9 Å². The standard InChI is InChI=1S/C12H14N2O/c1-2-7-15-12-8-10(13)9-5-3-4-6-11(9)14-12/h3-6,8H,2,7H2,1H3,(H2,13,14). The Bertz CT molecular complexity index is 468. The van der Waals surface area contributed by atoms with Crippen molar-refractivity contribution in [3.05, 3.63) is 30.3 Å². The van der Waals surface area contributed by atoms with Gasteiger partial charge in [-0.25, -0.2) is 4.98 Å². The molecule has 0 unspecified atom stereocenters. The van der Waals surface area contributed by atoms with Gasteiger partial charge in [0.05, 0.1) is 12.1 Å². The minimum atomic E-state index is 0.605. The van der Waals surface area contributed by atoms with E-state index in [-0.39, 0.29) is 0 Å². The maximum atomic E-state index is 5.91. The normalized spacial score (nSPS) is 10.5. The number of hydrogen-bond acceptors (Lipinski definition) is 3. The molecular weight excluding hydrogens is 188 g/mol. The van der Waals surface area contributed by atoms with Gasteiger partial charge in [-0.1, -0.05) is 25.1 Å². The minimum absolute atomic E-state index is 0.605. The maximum absolute atomic E-state index is 5.91. The Morgan fingerprint density at radius 2 is 2.13 bits per heavy atom. The lowest BCUT2D eigenvalue weighted by molar-refractivity contribution is 0.306. The molecule has 0 saturated carbocycles. The Morgan fingerprint density at radius 1 is 1.33 bits per heavy atom. The smallest absolute Gasteiger partial charge is 0.215 e. The van der Waals surface area contributed by atoms with Crippen molar-refractivity contribution in [2.75, 3.05) is 12.3 Å². The molecule has 0 radical (unpaired) electrons. The molecule has 0 aliphatic rings. The second-order valence-corrected chi connectivity index (χ2v) is 3.42. The molecule has 0 bridgehead atoms. The first-order valence-corrected chi connectivity index (χ1v) is 5.09. The highest BCUT2D eigenvalue weighted by Crippen LogP contribution is 2.23. The van der Waals surface area contributed by atoms with Crippen LogP contribution < -0.4 is 10.5 Å². The molecule has 3 heteroatoms. The van der Waals surface area contributed by atoms with E-state index in [9.17, 15) is 0 Å². The lowest BCUT2D eigenvalue weighted by Crippen LogP contribution is -1.99. The molecule has 0 saturated heterocycles. The zero-order valence-corrected chi connectivity index (χ0v) is 8.73. The Hall–Kier alpha value is -1.77. The average Bonchev–Trinajstić information content (AvgIpc) is 2.26. The molecule has 0 aliphatic carbocycles. The minimum Gasteiger partial charge on any atom is -0.478 e. The predicted molar refractivity (Wildman–Crippen MR) is 61.9 cm³/mol. The summed E-state index contributed by atoms with van der Waals surface area (Å²) in [5, 5.41) is 0.973. The van der Waals surface area contributed by atoms with E-state index in [4.69, 9.17) is 10.5 Å². The fraction of sp³-hybridized carbons (Fsp3) is 0.250. The van der Waals surface area contributed by atoms with Crippen LogP contribution in [0.3, 0.4) is 0 Å². The van der Waals surface area contributed by atoms with Crippen LogP contribution in [-0.2, 0) is 0 Å². The van der Waals surface area contributed by atoms with Crippen molar-refractivity contribution in [2.45, 2.75) is 13.3 Å². The van der Waals surface area contributed by atoms with Crippen LogP contribution in [0.15, 0.2) is 30.3 Å². The van der Waals surface area contributed by atoms with E-state index in [1.165, 1.54) is 0 Å². The van der Waals surface area contributed by atoms with Crippen molar-refractivity contribution in [2.24, 2.45) is 0 Å². The lowest BCUT2D eigenvalue weighted by atomic mass is 10.2. The van der Waals surface area contributed by atoms with Gasteiger partial charge in [0.2, 0.25) is 5.88 Å². The van der Waals surface area contributed by atoms with Crippen molar-refractivity contribution in [1.29, 1.82) is 0 Å². The first-order valence-electron chi connectivity index (χ1n) is 5.09. The largest absolute Gasteiger partial charge is 0.478 e. The number of pyridine rings is 1. The number of benzene rings is 1. The summed E-state index contributed by atoms with van der Waals surface area (Å²) >= 11 is 0. The molecule has 0 spiro atoms. The van der Waals surface area contributed by atoms with E-state index in [0.29, 0.717) is 18.2 Å². The summed E-state index contributed by atoms with van der Waals surface area (Å²) in [5.41, 5.74) is 7.50. The summed E-state index contributed by atoms with van der Waals surface area (Å²) in [6, 6.07) is 9.56. The average molecular weight is 202 g/mol. The summed E-state index contributed by atoms with van der Waals surface area (Å²) < 4.78 is 5.45. The van der Waals surface area contributed by atoms with Crippen molar-refractivity contribution in [1.82, 2.24) is 4.98 Å². The third-order valence-electron chi connectivity index (χ3n) is 2.18. The second-order valence-electron chi connectivity index (χ2n) is 3.42. The molecule has 2 aromatic rings. The van der Waals surface area contributed by atoms with E-state index >= 15 is 0 Å². The molecule has 0 fully saturated rings. The highest BCUT2D eigenvalue weighted by molar-refractivity contribution is 5.90. The van der Waals surface area contributed by atoms with Gasteiger partial charge in [-0.15, -0.1) is 0 Å². The van der Waals surface area contributed by atoms with Gasteiger partial charge in [-0.05, 0) is 12.5 Å². The van der Waals surface area contributed by atoms with Gasteiger partial charge >= 0.3 is 0 Å². The number of para-hydroxylation sites is 1. The van der Waals surface area contributed by atoms with E-state index in [2.05, 4.69) is 11.9 Å². The molecule has 1 aromatic carbocycles. The predicted octanol–water partition coefficient (Wildman–Crippen LogP) is 2.61. The summed E-state index contributed by atoms with van der Waals surface area (Å²) in [4.78, 5) is 4.37. The first-order chi connectivity index (χ1) is 7.31. The Labute approximate surface area is 88.9 Å². The van der Waals surface area contributed by atoms with Gasteiger partial charge < -0.3 is 10.5 Å². The molecule has 78 valence electrons. The van der Waals surface area contributed by atoms with Crippen molar-refractivity contribution >= 4 is 16.6 Å². The number of aromatic nitrogens is 1. The third kappa shape index (κ3) is 2.01. The van der Waals surface area contributed by atoms with E-state index in [1.54, 1.807) is 6.07 Å². The molecule has 1 heterocycles. The zero-order chi connectivity index (χ0) is 10.7. The van der Waals surface area contributed by atoms with Gasteiger partial charge in [0, 0.05) is 17.1 Å². The number of nitrogen functional groups attached to an aromatic ring is 1. The van der Waals surface area contributed by atoms with Crippen molar-refractivity contribution in [3.8, 4) is 5.88 Å². The van der Waals surface area contributed by atoms with Gasteiger partial charge in [0.25, 0.3) is 0 Å². The number of ether oxygens (including phenoxy) is 1. The topological polar surface area (TPSA) is 48.1 Å². The van der Waals surface area contributed by atoms with E-state index < -0.39 is 0 Å². The van der Waals surface area contributed by atoms with Crippen LogP contribution in [0.5, 0.6) is 5.88 Å². The Kier molecular flexibility index (Phi) is 2.72. The van der Waals surface area contributed by atoms with Crippen LogP contribution in [0.4, 0.5) is 5.69 Å². The quantitative estimate of drug-likeness (QED) is 0.832. The monoisotopic (exact) mass is 202 g/mol. The molecule has 2 rings (SSSR count). The van der Waals surface area contributed by atoms with Crippen LogP contribution >= 0.6 is 0 Å². The number of nitrogens with zero attached hydrogens (tertiary/aromatic N) is 1. The fourth-order valence-electron chi connectivity index (χ4n) is 1.46. The van der Waals surface area contributed by atoms with Gasteiger partial charge in [0.1, 0.15) is 0 Å². The number of anilines is 1. The fourth-order valence-corrected chi connectivity index (χ4v) is 1.46. The summed E-state index contributed by atoms with van der Waals surface area (Å²) in [6.45, 7) is 2.73. The molecule has 15 heavy (non-hydrogen) atoms. The first kappa shape index (κ1) is 9.77. The molecular formula is C12H14N2O. The molecule has 0 amide bonds. The lowest BCUT2D eigenvalue weighted by Gasteiger charge is -2.06. The van der Waals surface area contributed by atoms with Crippen molar-refractivity contribution < 1.29 is 4.74 Å². The van der Waals surface area contributed by atoms with E-state index in [0.717, 1.165) is 17.3 Å². The Balaban J connectivity index is 2.43. The number of rotatable bonds is 3. The number of nitrogens with two attached hydrogens (primary N) is 1. The van der Waals surface area contributed by atoms with Crippen LogP contribution in [0.1, 0.15) is 13.3 Å². The SMILES string of the molecule is CCCOc1cc(N)c2ccccc2n1. The number of fused-ring (bicyclic) bond motifs is 1. The third-order valence-corrected chi connectivity index (χ3v) is 2.18. The summed E-state index contributed by atoms with van der Waals surface area (Å²) in [7, 11) is 0. The van der Waals surface area contributed by atoms with Crippen molar-refractivity contribution in [3.63, 3.8) is 0 Å². The van der Waals surface area contributed by atoms with E-state index in [1.807, 2.05) is 24.3 Å². The van der Waals surface area contributed by atoms with Crippen LogP contribution in [0.2, 0.25) is 0 Å². The summed E-state index contributed by atoms with van der Waals surface area (Å²) in [6.07, 6.45) is 0.967. The highest BCUT2D eigenvalue weighted by atomic mass is 16.5. The highest BCUT2D eigenvalue weighted by Gasteiger charge is 2.02. The number of hydrogen-bond donors (Lipinski definition) is 1. The molecule has 1 aromatic heterocycles. The van der Waals surface area contributed by atoms with Gasteiger partial charge in [0.15, 0.2) is 0 Å². The Morgan fingerprint density at radius 3 is 2.93 bits per heavy atom. The van der Waals surface area contributed by atoms with Crippen LogP contribution in [-0.4, -0.2) is 11.6 Å². The second kappa shape index (κ2) is 4.17. The van der Waals surface area contributed by atoms with Crippen LogP contribution in [0, 0.1) is 0 Å². The maximum Gasteiger partial charge on any atom is 0.215 e. The molecule has 2 N–H and O–H groups in total. The molecule has 0 aliphatic heterocycles. The molecule has 3 nitrogen and oxygen atoms in total. The molecule has 0 atom stereocenters. The van der Waals surface area contributed by atoms with Gasteiger partial charge in [-0.3, -0.25) is 0 Å².